The van der Waals surface area contributed by atoms with Gasteiger partial charge in [-0.3, -0.25) is 4.99 Å². The molecule has 4 N–H and O–H groups in total. The average molecular weight is 351 g/mol. The van der Waals surface area contributed by atoms with Gasteiger partial charge in [-0.25, -0.2) is 13.1 Å². The lowest BCUT2D eigenvalue weighted by atomic mass is 10.1. The molecule has 2 rings (SSSR count). The van der Waals surface area contributed by atoms with Crippen molar-refractivity contribution in [1.29, 1.82) is 0 Å². The van der Waals surface area contributed by atoms with Crippen molar-refractivity contribution in [3.63, 3.8) is 0 Å². The molecule has 0 fully saturated rings. The Morgan fingerprint density at radius 3 is 2.67 bits per heavy atom. The first-order valence-corrected chi connectivity index (χ1v) is 9.16. The number of nitrogens with one attached hydrogen (secondary N) is 2. The monoisotopic (exact) mass is 351 g/mol. The first-order chi connectivity index (χ1) is 11.5. The van der Waals surface area contributed by atoms with Gasteiger partial charge >= 0.3 is 0 Å². The Labute approximate surface area is 141 Å². The molecule has 1 aromatic heterocycles. The van der Waals surface area contributed by atoms with E-state index in [1.165, 1.54) is 17.9 Å². The molecule has 8 nitrogen and oxygen atoms in total. The van der Waals surface area contributed by atoms with E-state index < -0.39 is 10.0 Å². The van der Waals surface area contributed by atoms with Crippen molar-refractivity contribution in [2.75, 3.05) is 18.4 Å². The van der Waals surface area contributed by atoms with Crippen LogP contribution in [0.2, 0.25) is 0 Å². The maximum atomic E-state index is 11.8. The fourth-order valence-electron chi connectivity index (χ4n) is 1.95. The summed E-state index contributed by atoms with van der Waals surface area (Å²) in [6, 6.07) is 9.36. The summed E-state index contributed by atoms with van der Waals surface area (Å²) >= 11 is 0. The van der Waals surface area contributed by atoms with E-state index in [2.05, 4.69) is 31.6 Å². The number of guanidine groups is 1. The molecule has 0 saturated heterocycles. The van der Waals surface area contributed by atoms with Crippen molar-refractivity contribution in [2.45, 2.75) is 19.1 Å². The Morgan fingerprint density at radius 2 is 2.04 bits per heavy atom. The van der Waals surface area contributed by atoms with Crippen LogP contribution in [0.3, 0.4) is 0 Å². The maximum absolute atomic E-state index is 11.8. The van der Waals surface area contributed by atoms with Crippen LogP contribution in [0.4, 0.5) is 5.69 Å². The second-order valence-corrected chi connectivity index (χ2v) is 6.89. The van der Waals surface area contributed by atoms with Crippen LogP contribution < -0.4 is 15.8 Å². The second-order valence-electron chi connectivity index (χ2n) is 5.09. The Morgan fingerprint density at radius 1 is 1.29 bits per heavy atom. The molecule has 0 atom stereocenters. The summed E-state index contributed by atoms with van der Waals surface area (Å²) < 4.78 is 30.6. The number of aliphatic imine (C=N–C) groups is 1. The molecule has 0 unspecified atom stereocenters. The molecule has 0 aliphatic carbocycles. The molecule has 0 aliphatic rings. The van der Waals surface area contributed by atoms with Gasteiger partial charge in [0.1, 0.15) is 12.0 Å². The van der Waals surface area contributed by atoms with Gasteiger partial charge in [-0.05, 0) is 24.1 Å². The molecule has 1 aromatic carbocycles. The molecular weight excluding hydrogens is 330 g/mol. The first kappa shape index (κ1) is 18.0. The van der Waals surface area contributed by atoms with Crippen molar-refractivity contribution >= 4 is 21.7 Å². The number of benzene rings is 1. The van der Waals surface area contributed by atoms with Gasteiger partial charge in [0.25, 0.3) is 0 Å². The summed E-state index contributed by atoms with van der Waals surface area (Å²) in [6.07, 6.45) is 2.30. The molecule has 0 spiro atoms. The number of anilines is 1. The number of nitrogens with two attached hydrogens (primary N) is 1. The first-order valence-electron chi connectivity index (χ1n) is 7.51. The number of sulfonamides is 1. The van der Waals surface area contributed by atoms with Gasteiger partial charge in [0, 0.05) is 18.3 Å². The minimum absolute atomic E-state index is 0.150. The highest BCUT2D eigenvalue weighted by Gasteiger charge is 2.12. The van der Waals surface area contributed by atoms with Gasteiger partial charge in [-0.15, -0.1) is 0 Å². The van der Waals surface area contributed by atoms with Crippen LogP contribution in [0.25, 0.3) is 0 Å². The number of rotatable bonds is 8. The van der Waals surface area contributed by atoms with Gasteiger partial charge in [-0.2, -0.15) is 0 Å². The van der Waals surface area contributed by atoms with Crippen molar-refractivity contribution < 1.29 is 12.9 Å². The maximum Gasteiger partial charge on any atom is 0.217 e. The molecular formula is C15H21N5O3S. The lowest BCUT2D eigenvalue weighted by Gasteiger charge is -2.07. The van der Waals surface area contributed by atoms with Crippen LogP contribution in [0.5, 0.6) is 0 Å². The highest BCUT2D eigenvalue weighted by atomic mass is 32.2. The minimum atomic E-state index is -3.47. The lowest BCUT2D eigenvalue weighted by molar-refractivity contribution is 0.413. The van der Waals surface area contributed by atoms with Crippen LogP contribution in [0, 0.1) is 0 Å². The summed E-state index contributed by atoms with van der Waals surface area (Å²) in [5, 5.41) is 6.52. The van der Waals surface area contributed by atoms with E-state index in [1.807, 2.05) is 24.3 Å². The average Bonchev–Trinajstić information content (AvgIpc) is 3.04. The van der Waals surface area contributed by atoms with E-state index in [9.17, 15) is 8.42 Å². The van der Waals surface area contributed by atoms with E-state index in [0.717, 1.165) is 12.1 Å². The molecule has 0 saturated carbocycles. The number of nitrogens with zero attached hydrogens (tertiary/aromatic N) is 2. The summed E-state index contributed by atoms with van der Waals surface area (Å²) in [4.78, 5) is 4.08. The fourth-order valence-corrected chi connectivity index (χ4v) is 2.99. The zero-order chi connectivity index (χ0) is 17.4. The standard InChI is InChI=1S/C15H21N5O3S/c1-2-12-3-5-13(6-4-12)19-15(16)17-8-9-18-24(21,22)11-14-7-10-23-20-14/h3-7,10,18H,2,8-9,11H2,1H3,(H3,16,17,19). The van der Waals surface area contributed by atoms with Crippen LogP contribution >= 0.6 is 0 Å². The third-order valence-corrected chi connectivity index (χ3v) is 4.50. The Bertz CT molecular complexity index is 755. The quantitative estimate of drug-likeness (QED) is 0.372. The molecule has 9 heteroatoms. The predicted octanol–water partition coefficient (Wildman–Crippen LogP) is 1.08. The Hall–Kier alpha value is -2.39. The number of aromatic nitrogens is 1. The third kappa shape index (κ3) is 6.01. The minimum Gasteiger partial charge on any atom is -0.370 e. The third-order valence-electron chi connectivity index (χ3n) is 3.18. The molecule has 2 aromatic rings. The molecule has 0 radical (unpaired) electrons. The number of aryl methyl sites for hydroxylation is 1. The zero-order valence-corrected chi connectivity index (χ0v) is 14.2. The number of hydrogen-bond acceptors (Lipinski definition) is 5. The molecule has 24 heavy (non-hydrogen) atoms. The Balaban J connectivity index is 1.76. The lowest BCUT2D eigenvalue weighted by Crippen LogP contribution is -2.29. The summed E-state index contributed by atoms with van der Waals surface area (Å²) in [5.41, 5.74) is 8.19. The van der Waals surface area contributed by atoms with E-state index >= 15 is 0 Å². The smallest absolute Gasteiger partial charge is 0.217 e. The molecule has 130 valence electrons. The summed E-state index contributed by atoms with van der Waals surface area (Å²) in [7, 11) is -3.47. The van der Waals surface area contributed by atoms with Gasteiger partial charge in [0.15, 0.2) is 5.96 Å². The predicted molar refractivity (Wildman–Crippen MR) is 93.1 cm³/mol. The topological polar surface area (TPSA) is 123 Å². The highest BCUT2D eigenvalue weighted by molar-refractivity contribution is 7.88. The van der Waals surface area contributed by atoms with Gasteiger partial charge in [0.05, 0.1) is 12.2 Å². The van der Waals surface area contributed by atoms with Crippen molar-refractivity contribution in [3.05, 3.63) is 47.9 Å². The molecule has 0 aliphatic heterocycles. The molecule has 0 bridgehead atoms. The molecule has 0 amide bonds. The Kier molecular flexibility index (Phi) is 6.33. The van der Waals surface area contributed by atoms with Crippen LogP contribution in [0.1, 0.15) is 18.2 Å². The van der Waals surface area contributed by atoms with E-state index in [4.69, 9.17) is 5.73 Å². The summed E-state index contributed by atoms with van der Waals surface area (Å²) in [6.45, 7) is 2.46. The van der Waals surface area contributed by atoms with Crippen molar-refractivity contribution in [3.8, 4) is 0 Å². The number of hydrogen-bond donors (Lipinski definition) is 3. The normalized spacial score (nSPS) is 12.3. The van der Waals surface area contributed by atoms with Crippen LogP contribution in [-0.4, -0.2) is 32.6 Å². The fraction of sp³-hybridized carbons (Fsp3) is 0.333. The van der Waals surface area contributed by atoms with Crippen molar-refractivity contribution in [1.82, 2.24) is 9.88 Å². The van der Waals surface area contributed by atoms with Gasteiger partial charge in [-0.1, -0.05) is 24.2 Å². The van der Waals surface area contributed by atoms with E-state index in [-0.39, 0.29) is 24.8 Å². The van der Waals surface area contributed by atoms with Gasteiger partial charge in [0.2, 0.25) is 10.0 Å². The van der Waals surface area contributed by atoms with Crippen LogP contribution in [0.15, 0.2) is 46.1 Å². The van der Waals surface area contributed by atoms with Crippen LogP contribution in [-0.2, 0) is 22.2 Å². The highest BCUT2D eigenvalue weighted by Crippen LogP contribution is 2.09. The second kappa shape index (κ2) is 8.46. The van der Waals surface area contributed by atoms with Crippen molar-refractivity contribution in [2.24, 2.45) is 10.7 Å². The summed E-state index contributed by atoms with van der Waals surface area (Å²) in [5.74, 6) is 0.00000811. The van der Waals surface area contributed by atoms with E-state index in [1.54, 1.807) is 0 Å². The molecule has 1 heterocycles. The SMILES string of the molecule is CCc1ccc(NC(N)=NCCNS(=O)(=O)Cc2ccon2)cc1. The largest absolute Gasteiger partial charge is 0.370 e. The van der Waals surface area contributed by atoms with Gasteiger partial charge < -0.3 is 15.6 Å². The van der Waals surface area contributed by atoms with E-state index in [0.29, 0.717) is 5.69 Å². The zero-order valence-electron chi connectivity index (χ0n) is 13.4.